The molecule has 0 bridgehead atoms. The zero-order valence-corrected chi connectivity index (χ0v) is 11.4. The minimum atomic E-state index is 0.296. The molecule has 0 aromatic heterocycles. The fourth-order valence-electron chi connectivity index (χ4n) is 3.15. The number of nitrogens with zero attached hydrogens (tertiary/aromatic N) is 1. The van der Waals surface area contributed by atoms with Crippen LogP contribution in [0, 0.1) is 0 Å². The first-order chi connectivity index (χ1) is 8.56. The predicted octanol–water partition coefficient (Wildman–Crippen LogP) is 2.26. The first-order valence-electron chi connectivity index (χ1n) is 6.96. The van der Waals surface area contributed by atoms with Crippen LogP contribution in [0.4, 0.5) is 5.69 Å². The Morgan fingerprint density at radius 1 is 1.17 bits per heavy atom. The number of benzene rings is 1. The second-order valence-electron chi connectivity index (χ2n) is 6.26. The van der Waals surface area contributed by atoms with Gasteiger partial charge in [0.05, 0.1) is 0 Å². The maximum atomic E-state index is 5.94. The van der Waals surface area contributed by atoms with Gasteiger partial charge in [0, 0.05) is 12.2 Å². The molecule has 0 saturated carbocycles. The van der Waals surface area contributed by atoms with E-state index in [-0.39, 0.29) is 0 Å². The van der Waals surface area contributed by atoms with Crippen LogP contribution in [0.5, 0.6) is 0 Å². The Labute approximate surface area is 111 Å². The molecule has 94 valence electrons. The highest BCUT2D eigenvalue weighted by molar-refractivity contribution is 6.04. The Balaban J connectivity index is 2.05. The van der Waals surface area contributed by atoms with Gasteiger partial charge in [-0.25, -0.2) is 0 Å². The third-order valence-corrected chi connectivity index (χ3v) is 4.47. The van der Waals surface area contributed by atoms with E-state index in [0.29, 0.717) is 5.41 Å². The third kappa shape index (κ3) is 2.05. The second-order valence-corrected chi connectivity index (χ2v) is 6.26. The Morgan fingerprint density at radius 2 is 1.83 bits per heavy atom. The van der Waals surface area contributed by atoms with E-state index in [2.05, 4.69) is 31.3 Å². The van der Waals surface area contributed by atoms with E-state index in [9.17, 15) is 0 Å². The van der Waals surface area contributed by atoms with Gasteiger partial charge in [-0.15, -0.1) is 0 Å². The topological polar surface area (TPSA) is 15.3 Å². The summed E-state index contributed by atoms with van der Waals surface area (Å²) < 4.78 is 0. The molecule has 1 N–H and O–H groups in total. The predicted molar refractivity (Wildman–Crippen MR) is 77.3 cm³/mol. The molecule has 2 aliphatic rings. The van der Waals surface area contributed by atoms with E-state index < -0.39 is 0 Å². The highest BCUT2D eigenvalue weighted by atomic mass is 15.0. The summed E-state index contributed by atoms with van der Waals surface area (Å²) in [5.74, 6) is 0. The molecule has 1 aromatic rings. The molecule has 2 heterocycles. The minimum Gasteiger partial charge on any atom is -0.385 e. The van der Waals surface area contributed by atoms with Crippen LogP contribution in [0.1, 0.15) is 37.0 Å². The van der Waals surface area contributed by atoms with Crippen molar-refractivity contribution < 1.29 is 0 Å². The molecule has 3 rings (SSSR count). The van der Waals surface area contributed by atoms with Crippen molar-refractivity contribution >= 4 is 13.7 Å². The first-order valence-corrected chi connectivity index (χ1v) is 6.96. The van der Waals surface area contributed by atoms with Gasteiger partial charge in [-0.2, -0.15) is 0 Å². The zero-order chi connectivity index (χ0) is 12.8. The van der Waals surface area contributed by atoms with Gasteiger partial charge in [-0.1, -0.05) is 19.9 Å². The van der Waals surface area contributed by atoms with E-state index in [1.165, 1.54) is 28.8 Å². The normalized spacial score (nSPS) is 22.6. The average molecular weight is 240 g/mol. The Morgan fingerprint density at radius 3 is 2.56 bits per heavy atom. The molecular weight excluding hydrogens is 219 g/mol. The standard InChI is InChI=1S/C15H21BN2/c1-15(2)5-6-17-14-10-12-4-8-18(16)7-3-11(12)9-13(14)15/h9-10,17H,3-8H2,1-2H3. The maximum absolute atomic E-state index is 5.94. The van der Waals surface area contributed by atoms with Gasteiger partial charge < -0.3 is 10.1 Å². The van der Waals surface area contributed by atoms with Crippen molar-refractivity contribution in [2.75, 3.05) is 25.0 Å². The third-order valence-electron chi connectivity index (χ3n) is 4.47. The molecular formula is C15H21BN2. The Hall–Kier alpha value is -0.955. The van der Waals surface area contributed by atoms with Crippen molar-refractivity contribution in [2.24, 2.45) is 0 Å². The first kappa shape index (κ1) is 12.1. The summed E-state index contributed by atoms with van der Waals surface area (Å²) in [5.41, 5.74) is 6.10. The Bertz CT molecular complexity index is 468. The van der Waals surface area contributed by atoms with Crippen molar-refractivity contribution in [3.8, 4) is 0 Å². The Kier molecular flexibility index (Phi) is 2.89. The number of hydrogen-bond acceptors (Lipinski definition) is 2. The molecule has 0 amide bonds. The summed E-state index contributed by atoms with van der Waals surface area (Å²) in [7, 11) is 5.94. The number of hydrogen-bond donors (Lipinski definition) is 1. The monoisotopic (exact) mass is 240 g/mol. The highest BCUT2D eigenvalue weighted by Gasteiger charge is 2.28. The summed E-state index contributed by atoms with van der Waals surface area (Å²) in [6, 6.07) is 4.79. The van der Waals surface area contributed by atoms with Gasteiger partial charge in [-0.3, -0.25) is 0 Å². The van der Waals surface area contributed by atoms with Crippen molar-refractivity contribution in [1.82, 2.24) is 4.81 Å². The van der Waals surface area contributed by atoms with Crippen LogP contribution >= 0.6 is 0 Å². The van der Waals surface area contributed by atoms with E-state index in [1.807, 2.05) is 4.81 Å². The summed E-state index contributed by atoms with van der Waals surface area (Å²) >= 11 is 0. The van der Waals surface area contributed by atoms with Crippen LogP contribution in [-0.4, -0.2) is 32.4 Å². The summed E-state index contributed by atoms with van der Waals surface area (Å²) in [5, 5.41) is 3.56. The minimum absolute atomic E-state index is 0.296. The quantitative estimate of drug-likeness (QED) is 0.700. The molecule has 0 spiro atoms. The van der Waals surface area contributed by atoms with Gasteiger partial charge in [0.15, 0.2) is 7.98 Å². The summed E-state index contributed by atoms with van der Waals surface area (Å²) in [4.78, 5) is 1.94. The smallest absolute Gasteiger partial charge is 0.182 e. The van der Waals surface area contributed by atoms with Crippen LogP contribution < -0.4 is 5.32 Å². The summed E-state index contributed by atoms with van der Waals surface area (Å²) in [6.07, 6.45) is 3.36. The highest BCUT2D eigenvalue weighted by Crippen LogP contribution is 2.38. The largest absolute Gasteiger partial charge is 0.385 e. The van der Waals surface area contributed by atoms with E-state index in [1.54, 1.807) is 0 Å². The molecule has 2 aliphatic heterocycles. The lowest BCUT2D eigenvalue weighted by Gasteiger charge is -2.34. The molecule has 2 nitrogen and oxygen atoms in total. The van der Waals surface area contributed by atoms with Gasteiger partial charge >= 0.3 is 0 Å². The molecule has 0 saturated heterocycles. The lowest BCUT2D eigenvalue weighted by Crippen LogP contribution is -2.28. The van der Waals surface area contributed by atoms with E-state index in [0.717, 1.165) is 32.5 Å². The molecule has 0 atom stereocenters. The molecule has 18 heavy (non-hydrogen) atoms. The molecule has 1 aromatic carbocycles. The van der Waals surface area contributed by atoms with Gasteiger partial charge in [0.25, 0.3) is 0 Å². The van der Waals surface area contributed by atoms with Gasteiger partial charge in [0.1, 0.15) is 0 Å². The fourth-order valence-corrected chi connectivity index (χ4v) is 3.15. The van der Waals surface area contributed by atoms with Crippen LogP contribution in [0.25, 0.3) is 0 Å². The number of anilines is 1. The summed E-state index contributed by atoms with van der Waals surface area (Å²) in [6.45, 7) is 7.73. The molecule has 2 radical (unpaired) electrons. The van der Waals surface area contributed by atoms with Crippen molar-refractivity contribution in [1.29, 1.82) is 0 Å². The molecule has 3 heteroatoms. The fraction of sp³-hybridized carbons (Fsp3) is 0.600. The van der Waals surface area contributed by atoms with Crippen LogP contribution in [-0.2, 0) is 18.3 Å². The SMILES string of the molecule is [B]N1CCc2cc3c(cc2CC1)C(C)(C)CCN3. The number of rotatable bonds is 0. The average Bonchev–Trinajstić information content (AvgIpc) is 2.50. The maximum Gasteiger partial charge on any atom is 0.182 e. The van der Waals surface area contributed by atoms with E-state index in [4.69, 9.17) is 7.98 Å². The second kappa shape index (κ2) is 4.31. The van der Waals surface area contributed by atoms with Crippen molar-refractivity contribution in [2.45, 2.75) is 38.5 Å². The van der Waals surface area contributed by atoms with E-state index >= 15 is 0 Å². The van der Waals surface area contributed by atoms with Crippen LogP contribution in [0.3, 0.4) is 0 Å². The lowest BCUT2D eigenvalue weighted by molar-refractivity contribution is 0.475. The molecule has 0 fully saturated rings. The van der Waals surface area contributed by atoms with Gasteiger partial charge in [-0.05, 0) is 60.5 Å². The zero-order valence-electron chi connectivity index (χ0n) is 11.4. The number of nitrogens with one attached hydrogen (secondary N) is 1. The van der Waals surface area contributed by atoms with Crippen LogP contribution in [0.15, 0.2) is 12.1 Å². The van der Waals surface area contributed by atoms with Crippen molar-refractivity contribution in [3.63, 3.8) is 0 Å². The van der Waals surface area contributed by atoms with Crippen LogP contribution in [0.2, 0.25) is 0 Å². The number of fused-ring (bicyclic) bond motifs is 2. The molecule has 0 aliphatic carbocycles. The van der Waals surface area contributed by atoms with Crippen molar-refractivity contribution in [3.05, 3.63) is 28.8 Å². The molecule has 0 unspecified atom stereocenters. The van der Waals surface area contributed by atoms with Gasteiger partial charge in [0.2, 0.25) is 0 Å². The lowest BCUT2D eigenvalue weighted by atomic mass is 9.77.